The van der Waals surface area contributed by atoms with Gasteiger partial charge in [0.1, 0.15) is 17.8 Å². The minimum absolute atomic E-state index is 0.149. The third kappa shape index (κ3) is 4.22. The third-order valence-corrected chi connectivity index (χ3v) is 7.04. The maximum atomic E-state index is 12.7. The lowest BCUT2D eigenvalue weighted by atomic mass is 9.81. The summed E-state index contributed by atoms with van der Waals surface area (Å²) in [4.78, 5) is 17.0. The smallest absolute Gasteiger partial charge is 0.312 e. The monoisotopic (exact) mass is 466 g/mol. The van der Waals surface area contributed by atoms with Crippen molar-refractivity contribution in [2.24, 2.45) is 5.41 Å². The number of carbonyl (C=O) groups excluding carboxylic acids is 1. The number of esters is 1. The van der Waals surface area contributed by atoms with Gasteiger partial charge in [0, 0.05) is 29.6 Å². The second-order valence-electron chi connectivity index (χ2n) is 9.25. The summed E-state index contributed by atoms with van der Waals surface area (Å²) in [6, 6.07) is 11.5. The Morgan fingerprint density at radius 2 is 1.94 bits per heavy atom. The summed E-state index contributed by atoms with van der Waals surface area (Å²) in [5, 5.41) is 9.81. The Balaban J connectivity index is 1.44. The van der Waals surface area contributed by atoms with Crippen LogP contribution in [-0.2, 0) is 22.4 Å². The number of benzene rings is 1. The van der Waals surface area contributed by atoms with Crippen molar-refractivity contribution in [3.8, 4) is 11.6 Å². The van der Waals surface area contributed by atoms with Crippen LogP contribution in [-0.4, -0.2) is 38.9 Å². The molecule has 0 amide bonds. The van der Waals surface area contributed by atoms with Gasteiger partial charge in [-0.1, -0.05) is 17.7 Å². The molecule has 1 saturated carbocycles. The molecule has 172 valence electrons. The van der Waals surface area contributed by atoms with Gasteiger partial charge < -0.3 is 9.47 Å². The van der Waals surface area contributed by atoms with Gasteiger partial charge in [-0.15, -0.1) is 10.2 Å². The molecule has 1 aliphatic carbocycles. The number of pyridine rings is 1. The lowest BCUT2D eigenvalue weighted by molar-refractivity contribution is -0.151. The van der Waals surface area contributed by atoms with Crippen LogP contribution in [0.25, 0.3) is 5.69 Å². The number of methoxy groups -OCH3 is 1. The highest BCUT2D eigenvalue weighted by Gasteiger charge is 2.41. The Hall–Kier alpha value is -2.93. The molecule has 8 heteroatoms. The standard InChI is InChI=1S/C25H27ClN4O3/c1-25(24(31)32-2)14-17-13-18(26)8-11-20(17)30-21(15-25)28-29-23(30)16-6-9-19(10-7-16)33-22-5-3-4-12-27-22/h3-5,8,11-13,16,19H,6-7,9-10,14-15H2,1-2H3/t16-,19-,25?. The first kappa shape index (κ1) is 21.9. The number of fused-ring (bicyclic) bond motifs is 3. The largest absolute Gasteiger partial charge is 0.474 e. The number of aromatic nitrogens is 4. The number of nitrogens with zero attached hydrogens (tertiary/aromatic N) is 4. The van der Waals surface area contributed by atoms with E-state index in [9.17, 15) is 4.79 Å². The van der Waals surface area contributed by atoms with Crippen molar-refractivity contribution in [2.75, 3.05) is 7.11 Å². The zero-order chi connectivity index (χ0) is 23.0. The fourth-order valence-electron chi connectivity index (χ4n) is 5.13. The van der Waals surface area contributed by atoms with E-state index < -0.39 is 5.41 Å². The highest BCUT2D eigenvalue weighted by molar-refractivity contribution is 6.30. The Kier molecular flexibility index (Phi) is 5.83. The SMILES string of the molecule is COC(=O)C1(C)Cc2cc(Cl)ccc2-n2c(nnc2[C@H]2CC[C@H](Oc3ccccn3)CC2)C1. The van der Waals surface area contributed by atoms with E-state index in [0.717, 1.165) is 48.6 Å². The van der Waals surface area contributed by atoms with Crippen molar-refractivity contribution in [2.45, 2.75) is 57.5 Å². The Labute approximate surface area is 198 Å². The average molecular weight is 467 g/mol. The minimum atomic E-state index is -0.735. The molecule has 1 atom stereocenters. The van der Waals surface area contributed by atoms with Gasteiger partial charge in [-0.05, 0) is 68.9 Å². The lowest BCUT2D eigenvalue weighted by Crippen LogP contribution is -2.33. The summed E-state index contributed by atoms with van der Waals surface area (Å²) in [7, 11) is 1.43. The summed E-state index contributed by atoms with van der Waals surface area (Å²) in [5.41, 5.74) is 1.26. The quantitative estimate of drug-likeness (QED) is 0.518. The number of halogens is 1. The molecule has 1 fully saturated rings. The number of ether oxygens (including phenoxy) is 2. The van der Waals surface area contributed by atoms with E-state index in [1.54, 1.807) is 6.20 Å². The van der Waals surface area contributed by atoms with E-state index in [4.69, 9.17) is 21.1 Å². The van der Waals surface area contributed by atoms with E-state index in [-0.39, 0.29) is 18.0 Å². The fourth-order valence-corrected chi connectivity index (χ4v) is 5.33. The fraction of sp³-hybridized carbons (Fsp3) is 0.440. The van der Waals surface area contributed by atoms with E-state index in [1.165, 1.54) is 7.11 Å². The van der Waals surface area contributed by atoms with Gasteiger partial charge in [-0.3, -0.25) is 9.36 Å². The van der Waals surface area contributed by atoms with Crippen LogP contribution in [0.4, 0.5) is 0 Å². The molecule has 2 aromatic heterocycles. The van der Waals surface area contributed by atoms with E-state index >= 15 is 0 Å². The maximum absolute atomic E-state index is 12.7. The van der Waals surface area contributed by atoms with Crippen molar-refractivity contribution in [3.05, 3.63) is 64.8 Å². The van der Waals surface area contributed by atoms with Gasteiger partial charge in [0.2, 0.25) is 5.88 Å². The molecule has 0 spiro atoms. The van der Waals surface area contributed by atoms with Gasteiger partial charge in [0.05, 0.1) is 18.2 Å². The van der Waals surface area contributed by atoms with Crippen molar-refractivity contribution in [1.29, 1.82) is 0 Å². The molecular weight excluding hydrogens is 440 g/mol. The van der Waals surface area contributed by atoms with Crippen molar-refractivity contribution in [1.82, 2.24) is 19.7 Å². The number of carbonyl (C=O) groups is 1. The Bertz CT molecular complexity index is 1160. The Morgan fingerprint density at radius 3 is 2.67 bits per heavy atom. The second-order valence-corrected chi connectivity index (χ2v) is 9.68. The predicted molar refractivity (Wildman–Crippen MR) is 124 cm³/mol. The number of hydrogen-bond acceptors (Lipinski definition) is 6. The van der Waals surface area contributed by atoms with Crippen LogP contribution >= 0.6 is 11.6 Å². The molecule has 5 rings (SSSR count). The van der Waals surface area contributed by atoms with Crippen LogP contribution in [0.2, 0.25) is 5.02 Å². The van der Waals surface area contributed by atoms with Crippen LogP contribution in [0.5, 0.6) is 5.88 Å². The van der Waals surface area contributed by atoms with Gasteiger partial charge in [-0.25, -0.2) is 4.98 Å². The first-order valence-corrected chi connectivity index (χ1v) is 11.7. The second kappa shape index (κ2) is 8.78. The van der Waals surface area contributed by atoms with E-state index in [1.807, 2.05) is 43.3 Å². The average Bonchev–Trinajstić information content (AvgIpc) is 3.17. The highest BCUT2D eigenvalue weighted by atomic mass is 35.5. The van der Waals surface area contributed by atoms with Crippen molar-refractivity contribution >= 4 is 17.6 Å². The molecule has 0 saturated heterocycles. The summed E-state index contributed by atoms with van der Waals surface area (Å²) in [6.07, 6.45) is 6.64. The summed E-state index contributed by atoms with van der Waals surface area (Å²) >= 11 is 6.33. The molecule has 0 radical (unpaired) electrons. The third-order valence-electron chi connectivity index (χ3n) is 6.81. The molecule has 33 heavy (non-hydrogen) atoms. The van der Waals surface area contributed by atoms with Gasteiger partial charge >= 0.3 is 5.97 Å². The van der Waals surface area contributed by atoms with Crippen LogP contribution in [0, 0.1) is 5.41 Å². The molecule has 1 aromatic carbocycles. The molecule has 0 bridgehead atoms. The van der Waals surface area contributed by atoms with Crippen LogP contribution < -0.4 is 4.74 Å². The molecule has 1 aliphatic heterocycles. The minimum Gasteiger partial charge on any atom is -0.474 e. The Morgan fingerprint density at radius 1 is 1.12 bits per heavy atom. The summed E-state index contributed by atoms with van der Waals surface area (Å²) in [6.45, 7) is 1.92. The van der Waals surface area contributed by atoms with Crippen molar-refractivity contribution < 1.29 is 14.3 Å². The normalized spacial score (nSPS) is 24.3. The van der Waals surface area contributed by atoms with Gasteiger partial charge in [0.25, 0.3) is 0 Å². The van der Waals surface area contributed by atoms with Gasteiger partial charge in [-0.2, -0.15) is 0 Å². The predicted octanol–water partition coefficient (Wildman–Crippen LogP) is 4.70. The summed E-state index contributed by atoms with van der Waals surface area (Å²) in [5.74, 6) is 2.41. The first-order valence-electron chi connectivity index (χ1n) is 11.4. The van der Waals surface area contributed by atoms with Crippen LogP contribution in [0.1, 0.15) is 55.7 Å². The number of hydrogen-bond donors (Lipinski definition) is 0. The molecule has 2 aliphatic rings. The van der Waals surface area contributed by atoms with Crippen molar-refractivity contribution in [3.63, 3.8) is 0 Å². The van der Waals surface area contributed by atoms with E-state index in [0.29, 0.717) is 23.7 Å². The zero-order valence-corrected chi connectivity index (χ0v) is 19.6. The lowest BCUT2D eigenvalue weighted by Gasteiger charge is -2.28. The number of rotatable bonds is 4. The zero-order valence-electron chi connectivity index (χ0n) is 18.8. The maximum Gasteiger partial charge on any atom is 0.312 e. The first-order chi connectivity index (χ1) is 16.0. The summed E-state index contributed by atoms with van der Waals surface area (Å²) < 4.78 is 13.4. The van der Waals surface area contributed by atoms with Crippen LogP contribution in [0.3, 0.4) is 0 Å². The topological polar surface area (TPSA) is 79.1 Å². The molecule has 3 heterocycles. The molecule has 0 N–H and O–H groups in total. The highest BCUT2D eigenvalue weighted by Crippen LogP contribution is 2.40. The molecule has 3 aromatic rings. The van der Waals surface area contributed by atoms with Gasteiger partial charge in [0.15, 0.2) is 0 Å². The molecule has 1 unspecified atom stereocenters. The molecule has 7 nitrogen and oxygen atoms in total. The van der Waals surface area contributed by atoms with E-state index in [2.05, 4.69) is 19.7 Å². The van der Waals surface area contributed by atoms with Crippen LogP contribution in [0.15, 0.2) is 42.6 Å². The molecular formula is C25H27ClN4O3.